The van der Waals surface area contributed by atoms with Crippen LogP contribution < -0.4 is 5.32 Å². The number of hydrogen-bond acceptors (Lipinski definition) is 10. The van der Waals surface area contributed by atoms with E-state index in [1.54, 1.807) is 0 Å². The number of ether oxygens (including phenoxy) is 2. The summed E-state index contributed by atoms with van der Waals surface area (Å²) in [7, 11) is 0. The van der Waals surface area contributed by atoms with Gasteiger partial charge in [-0.1, -0.05) is 199 Å². The molecule has 11 heteroatoms. The van der Waals surface area contributed by atoms with Crippen LogP contribution in [0.2, 0.25) is 0 Å². The Balaban J connectivity index is 2.23. The molecule has 1 amide bonds. The highest BCUT2D eigenvalue weighted by Gasteiger charge is 2.44. The quantitative estimate of drug-likeness (QED) is 0.0218. The largest absolute Gasteiger partial charge is 0.394 e. The number of aliphatic hydroxyl groups excluding tert-OH is 7. The molecule has 1 aliphatic rings. The molecular weight excluding hydrogens is 763 g/mol. The summed E-state index contributed by atoms with van der Waals surface area (Å²) in [6.45, 7) is 3.39. The lowest BCUT2D eigenvalue weighted by atomic mass is 9.98. The van der Waals surface area contributed by atoms with Crippen LogP contribution in [0.4, 0.5) is 0 Å². The molecule has 0 bridgehead atoms. The Labute approximate surface area is 366 Å². The van der Waals surface area contributed by atoms with Crippen LogP contribution >= 0.6 is 0 Å². The lowest BCUT2D eigenvalue weighted by Gasteiger charge is -2.40. The molecule has 11 nitrogen and oxygen atoms in total. The van der Waals surface area contributed by atoms with Crippen LogP contribution in [0.25, 0.3) is 0 Å². The van der Waals surface area contributed by atoms with Gasteiger partial charge in [0, 0.05) is 0 Å². The van der Waals surface area contributed by atoms with E-state index in [9.17, 15) is 40.5 Å². The fourth-order valence-corrected chi connectivity index (χ4v) is 8.14. The van der Waals surface area contributed by atoms with Gasteiger partial charge in [-0.2, -0.15) is 0 Å². The highest BCUT2D eigenvalue weighted by atomic mass is 16.7. The van der Waals surface area contributed by atoms with Crippen molar-refractivity contribution in [1.29, 1.82) is 0 Å². The molecule has 9 unspecified atom stereocenters. The van der Waals surface area contributed by atoms with E-state index in [4.69, 9.17) is 9.47 Å². The van der Waals surface area contributed by atoms with E-state index in [2.05, 4.69) is 31.3 Å². The number of carbonyl (C=O) groups is 1. The van der Waals surface area contributed by atoms with Crippen molar-refractivity contribution in [3.63, 3.8) is 0 Å². The molecule has 9 atom stereocenters. The maximum atomic E-state index is 13.0. The summed E-state index contributed by atoms with van der Waals surface area (Å²) >= 11 is 0. The zero-order valence-electron chi connectivity index (χ0n) is 38.5. The van der Waals surface area contributed by atoms with E-state index < -0.39 is 74.2 Å². The molecule has 1 heterocycles. The second-order valence-corrected chi connectivity index (χ2v) is 17.9. The zero-order chi connectivity index (χ0) is 44.1. The Hall–Kier alpha value is -1.15. The number of amides is 1. The van der Waals surface area contributed by atoms with Crippen molar-refractivity contribution in [2.45, 2.75) is 281 Å². The summed E-state index contributed by atoms with van der Waals surface area (Å²) < 4.78 is 11.0. The van der Waals surface area contributed by atoms with Crippen LogP contribution in [-0.2, 0) is 14.3 Å². The first-order valence-electron chi connectivity index (χ1n) is 25.1. The monoisotopic (exact) mass is 858 g/mol. The molecule has 60 heavy (non-hydrogen) atoms. The van der Waals surface area contributed by atoms with Crippen molar-refractivity contribution in [2.24, 2.45) is 0 Å². The van der Waals surface area contributed by atoms with Gasteiger partial charge in [0.05, 0.1) is 25.4 Å². The van der Waals surface area contributed by atoms with E-state index in [1.807, 2.05) is 0 Å². The van der Waals surface area contributed by atoms with E-state index in [-0.39, 0.29) is 6.42 Å². The topological polar surface area (TPSA) is 189 Å². The fourth-order valence-electron chi connectivity index (χ4n) is 8.14. The first kappa shape index (κ1) is 56.9. The first-order valence-corrected chi connectivity index (χ1v) is 25.1. The van der Waals surface area contributed by atoms with E-state index in [0.717, 1.165) is 44.9 Å². The van der Waals surface area contributed by atoms with Crippen LogP contribution in [-0.4, -0.2) is 110 Å². The van der Waals surface area contributed by atoms with Gasteiger partial charge >= 0.3 is 0 Å². The molecule has 1 aliphatic heterocycles. The SMILES string of the molecule is CCCCCCCCCCCCCC/C=C\CCCCCCCCCCCCC(O)C(=O)NC(COC1OC(CO)C(O)C(O)C1O)C(O)C(O)CCCCCCCCC. The summed E-state index contributed by atoms with van der Waals surface area (Å²) in [5.74, 6) is -0.699. The minimum atomic E-state index is -1.66. The van der Waals surface area contributed by atoms with Crippen molar-refractivity contribution in [1.82, 2.24) is 5.32 Å². The van der Waals surface area contributed by atoms with E-state index in [0.29, 0.717) is 19.3 Å². The first-order chi connectivity index (χ1) is 29.2. The van der Waals surface area contributed by atoms with Gasteiger partial charge in [-0.05, 0) is 38.5 Å². The molecule has 0 radical (unpaired) electrons. The van der Waals surface area contributed by atoms with E-state index >= 15 is 0 Å². The van der Waals surface area contributed by atoms with Gasteiger partial charge < -0.3 is 50.5 Å². The summed E-state index contributed by atoms with van der Waals surface area (Å²) in [5.41, 5.74) is 0. The molecule has 0 aromatic carbocycles. The molecule has 0 aliphatic carbocycles. The number of unbranched alkanes of at least 4 members (excludes halogenated alkanes) is 28. The lowest BCUT2D eigenvalue weighted by Crippen LogP contribution is -2.60. The Kier molecular flexibility index (Phi) is 37.4. The molecule has 0 aromatic heterocycles. The van der Waals surface area contributed by atoms with Crippen molar-refractivity contribution in [3.8, 4) is 0 Å². The maximum Gasteiger partial charge on any atom is 0.249 e. The average Bonchev–Trinajstić information content (AvgIpc) is 3.25. The Morgan fingerprint density at radius 1 is 0.567 bits per heavy atom. The second kappa shape index (κ2) is 39.4. The van der Waals surface area contributed by atoms with Crippen LogP contribution in [0.3, 0.4) is 0 Å². The molecule has 0 spiro atoms. The predicted octanol–water partition coefficient (Wildman–Crippen LogP) is 8.84. The van der Waals surface area contributed by atoms with Crippen LogP contribution in [0, 0.1) is 0 Å². The van der Waals surface area contributed by atoms with Gasteiger partial charge in [-0.25, -0.2) is 0 Å². The number of allylic oxidation sites excluding steroid dienone is 2. The molecular formula is C49H95NO10. The van der Waals surface area contributed by atoms with Gasteiger partial charge in [0.25, 0.3) is 0 Å². The second-order valence-electron chi connectivity index (χ2n) is 17.9. The summed E-state index contributed by atoms with van der Waals surface area (Å²) in [5, 5.41) is 75.4. The minimum absolute atomic E-state index is 0.261. The number of carbonyl (C=O) groups excluding carboxylic acids is 1. The average molecular weight is 858 g/mol. The fraction of sp³-hybridized carbons (Fsp3) is 0.939. The zero-order valence-corrected chi connectivity index (χ0v) is 38.5. The summed E-state index contributed by atoms with van der Waals surface area (Å²) in [4.78, 5) is 13.0. The number of nitrogens with one attached hydrogen (secondary N) is 1. The highest BCUT2D eigenvalue weighted by molar-refractivity contribution is 5.80. The van der Waals surface area contributed by atoms with Crippen molar-refractivity contribution >= 4 is 5.91 Å². The third-order valence-corrected chi connectivity index (χ3v) is 12.3. The number of rotatable bonds is 42. The van der Waals surface area contributed by atoms with Gasteiger partial charge in [0.1, 0.15) is 36.6 Å². The molecule has 1 saturated heterocycles. The Bertz CT molecular complexity index is 986. The van der Waals surface area contributed by atoms with Gasteiger partial charge in [-0.3, -0.25) is 4.79 Å². The lowest BCUT2D eigenvalue weighted by molar-refractivity contribution is -0.303. The molecule has 8 N–H and O–H groups in total. The summed E-state index contributed by atoms with van der Waals surface area (Å²) in [6.07, 6.45) is 31.7. The molecule has 356 valence electrons. The van der Waals surface area contributed by atoms with Crippen molar-refractivity contribution in [3.05, 3.63) is 12.2 Å². The minimum Gasteiger partial charge on any atom is -0.394 e. The highest BCUT2D eigenvalue weighted by Crippen LogP contribution is 2.23. The van der Waals surface area contributed by atoms with E-state index in [1.165, 1.54) is 141 Å². The normalized spacial score (nSPS) is 21.6. The number of aliphatic hydroxyl groups is 7. The standard InChI is InChI=1S/C49H95NO10/c1-3-5-7-9-11-12-13-14-15-16-17-18-19-20-21-22-23-24-25-26-27-28-29-31-33-35-37-42(53)48(58)50-40(44(54)41(52)36-34-32-30-10-8-6-4-2)39-59-49-47(57)46(56)45(55)43(38-51)60-49/h20-21,40-47,49,51-57H,3-19,22-39H2,1-2H3,(H,50,58)/b21-20-. The van der Waals surface area contributed by atoms with Crippen LogP contribution in [0.1, 0.15) is 226 Å². The molecule has 0 saturated carbocycles. The summed E-state index contributed by atoms with van der Waals surface area (Å²) in [6, 6.07) is -1.16. The van der Waals surface area contributed by atoms with Gasteiger partial charge in [-0.15, -0.1) is 0 Å². The molecule has 1 fully saturated rings. The van der Waals surface area contributed by atoms with Gasteiger partial charge in [0.15, 0.2) is 6.29 Å². The van der Waals surface area contributed by atoms with Crippen LogP contribution in [0.5, 0.6) is 0 Å². The van der Waals surface area contributed by atoms with Crippen molar-refractivity contribution < 1.29 is 50.0 Å². The molecule has 1 rings (SSSR count). The third-order valence-electron chi connectivity index (χ3n) is 12.3. The number of hydrogen-bond donors (Lipinski definition) is 8. The Morgan fingerprint density at radius 3 is 1.40 bits per heavy atom. The van der Waals surface area contributed by atoms with Crippen molar-refractivity contribution in [2.75, 3.05) is 13.2 Å². The maximum absolute atomic E-state index is 13.0. The van der Waals surface area contributed by atoms with Gasteiger partial charge in [0.2, 0.25) is 5.91 Å². The molecule has 0 aromatic rings. The van der Waals surface area contributed by atoms with Crippen LogP contribution in [0.15, 0.2) is 12.2 Å². The predicted molar refractivity (Wildman–Crippen MR) is 243 cm³/mol. The third kappa shape index (κ3) is 28.5. The smallest absolute Gasteiger partial charge is 0.249 e. The Morgan fingerprint density at radius 2 is 0.967 bits per heavy atom.